The SMILES string of the molecule is C1=Cc2sc3cc(N(c4ccc(-c5ccccc5)cc4)c4cccc5sc6ccc7sc8c9ccccc9ccc8c7c6c45)ccc3c2CC1. The summed E-state index contributed by atoms with van der Waals surface area (Å²) in [6, 6.07) is 51.9. The largest absolute Gasteiger partial charge is 0.310 e. The minimum Gasteiger partial charge on any atom is -0.310 e. The number of anilines is 3. The van der Waals surface area contributed by atoms with Crippen LogP contribution >= 0.6 is 34.0 Å². The molecule has 0 bridgehead atoms. The molecule has 10 aromatic rings. The first-order valence-electron chi connectivity index (χ1n) is 17.1. The lowest BCUT2D eigenvalue weighted by molar-refractivity contribution is 1.01. The molecule has 1 aliphatic rings. The van der Waals surface area contributed by atoms with Crippen molar-refractivity contribution in [2.24, 2.45) is 0 Å². The molecule has 0 N–H and O–H groups in total. The molecule has 50 heavy (non-hydrogen) atoms. The van der Waals surface area contributed by atoms with E-state index in [0.717, 1.165) is 18.5 Å². The van der Waals surface area contributed by atoms with Crippen LogP contribution in [-0.4, -0.2) is 0 Å². The summed E-state index contributed by atoms with van der Waals surface area (Å²) >= 11 is 5.76. The summed E-state index contributed by atoms with van der Waals surface area (Å²) in [5, 5.41) is 9.44. The number of aryl methyl sites for hydroxylation is 1. The summed E-state index contributed by atoms with van der Waals surface area (Å²) in [5.74, 6) is 0. The Morgan fingerprint density at radius 1 is 0.480 bits per heavy atom. The van der Waals surface area contributed by atoms with Gasteiger partial charge < -0.3 is 4.90 Å². The summed E-state index contributed by atoms with van der Waals surface area (Å²) in [4.78, 5) is 3.91. The number of thiophene rings is 3. The van der Waals surface area contributed by atoms with Crippen LogP contribution in [0, 0.1) is 0 Å². The maximum Gasteiger partial charge on any atom is 0.0555 e. The molecule has 1 aliphatic carbocycles. The molecule has 3 aromatic heterocycles. The number of benzene rings is 7. The highest BCUT2D eigenvalue weighted by Gasteiger charge is 2.23. The van der Waals surface area contributed by atoms with E-state index in [2.05, 4.69) is 157 Å². The molecule has 11 rings (SSSR count). The fourth-order valence-electron chi connectivity index (χ4n) is 8.04. The Labute approximate surface area is 301 Å². The zero-order valence-electron chi connectivity index (χ0n) is 27.0. The maximum absolute atomic E-state index is 2.50. The number of hydrogen-bond acceptors (Lipinski definition) is 4. The first-order chi connectivity index (χ1) is 24.8. The molecule has 0 radical (unpaired) electrons. The Balaban J connectivity index is 1.20. The van der Waals surface area contributed by atoms with Crippen LogP contribution in [0.2, 0.25) is 0 Å². The molecule has 0 atom stereocenters. The molecule has 0 spiro atoms. The van der Waals surface area contributed by atoms with Gasteiger partial charge in [-0.1, -0.05) is 97.1 Å². The van der Waals surface area contributed by atoms with Gasteiger partial charge in [0, 0.05) is 61.3 Å². The predicted octanol–water partition coefficient (Wildman–Crippen LogP) is 14.9. The molecule has 1 nitrogen and oxygen atoms in total. The molecule has 3 heterocycles. The van der Waals surface area contributed by atoms with Gasteiger partial charge in [-0.3, -0.25) is 0 Å². The molecule has 0 unspecified atom stereocenters. The summed E-state index contributed by atoms with van der Waals surface area (Å²) in [5.41, 5.74) is 7.52. The van der Waals surface area contributed by atoms with Crippen molar-refractivity contribution >= 4 is 118 Å². The second-order valence-electron chi connectivity index (χ2n) is 13.1. The Morgan fingerprint density at radius 2 is 1.24 bits per heavy atom. The lowest BCUT2D eigenvalue weighted by atomic mass is 10.00. The molecule has 0 fully saturated rings. The van der Waals surface area contributed by atoms with Crippen molar-refractivity contribution in [2.75, 3.05) is 4.90 Å². The zero-order chi connectivity index (χ0) is 32.8. The van der Waals surface area contributed by atoms with Gasteiger partial charge in [-0.25, -0.2) is 0 Å². The second-order valence-corrected chi connectivity index (χ2v) is 16.4. The van der Waals surface area contributed by atoms with Crippen molar-refractivity contribution in [2.45, 2.75) is 12.8 Å². The zero-order valence-corrected chi connectivity index (χ0v) is 29.5. The van der Waals surface area contributed by atoms with Gasteiger partial charge in [0.25, 0.3) is 0 Å². The average Bonchev–Trinajstić information content (AvgIpc) is 3.87. The van der Waals surface area contributed by atoms with Crippen LogP contribution in [0.3, 0.4) is 0 Å². The molecular formula is C46H29NS3. The summed E-state index contributed by atoms with van der Waals surface area (Å²) in [6.45, 7) is 0. The monoisotopic (exact) mass is 691 g/mol. The van der Waals surface area contributed by atoms with Crippen molar-refractivity contribution < 1.29 is 0 Å². The van der Waals surface area contributed by atoms with Crippen LogP contribution in [0.25, 0.3) is 78.4 Å². The summed E-state index contributed by atoms with van der Waals surface area (Å²) in [7, 11) is 0. The molecule has 0 amide bonds. The molecule has 236 valence electrons. The molecular weight excluding hydrogens is 663 g/mol. The van der Waals surface area contributed by atoms with E-state index in [1.54, 1.807) is 0 Å². The van der Waals surface area contributed by atoms with E-state index < -0.39 is 0 Å². The summed E-state index contributed by atoms with van der Waals surface area (Å²) < 4.78 is 6.72. The minimum absolute atomic E-state index is 1.12. The van der Waals surface area contributed by atoms with Crippen LogP contribution in [0.5, 0.6) is 0 Å². The van der Waals surface area contributed by atoms with Gasteiger partial charge >= 0.3 is 0 Å². The van der Waals surface area contributed by atoms with Crippen LogP contribution in [-0.2, 0) is 6.42 Å². The van der Waals surface area contributed by atoms with E-state index in [-0.39, 0.29) is 0 Å². The van der Waals surface area contributed by atoms with Crippen LogP contribution in [0.15, 0.2) is 146 Å². The standard InChI is InChI=1S/C46H29NS3/c1-2-9-28(10-3-1)29-17-20-31(21-18-29)47(32-22-24-35-34-13-6-7-15-38(34)48-42(35)27-32)37-14-8-16-39-44(37)45-41(49-39)26-25-40-43(45)36-23-19-30-11-4-5-12-33(30)46(36)50-40/h1-5,7-12,14-27H,6,13H2. The predicted molar refractivity (Wildman–Crippen MR) is 223 cm³/mol. The topological polar surface area (TPSA) is 3.24 Å². The first kappa shape index (κ1) is 28.6. The van der Waals surface area contributed by atoms with Crippen LogP contribution < -0.4 is 4.90 Å². The Kier molecular flexibility index (Phi) is 6.36. The third-order valence-corrected chi connectivity index (χ3v) is 13.8. The quantitative estimate of drug-likeness (QED) is 0.178. The lowest BCUT2D eigenvalue weighted by Crippen LogP contribution is -2.10. The van der Waals surface area contributed by atoms with E-state index in [0.29, 0.717) is 0 Å². The minimum atomic E-state index is 1.12. The number of allylic oxidation sites excluding steroid dienone is 1. The number of fused-ring (bicyclic) bond motifs is 12. The fraction of sp³-hybridized carbons (Fsp3) is 0.0435. The molecule has 4 heteroatoms. The van der Waals surface area contributed by atoms with Gasteiger partial charge in [0.2, 0.25) is 0 Å². The molecule has 0 aliphatic heterocycles. The maximum atomic E-state index is 2.50. The Bertz CT molecular complexity index is 2980. The van der Waals surface area contributed by atoms with E-state index in [1.807, 2.05) is 34.0 Å². The van der Waals surface area contributed by atoms with Crippen molar-refractivity contribution in [3.8, 4) is 11.1 Å². The number of hydrogen-bond donors (Lipinski definition) is 0. The highest BCUT2D eigenvalue weighted by Crippen LogP contribution is 2.51. The van der Waals surface area contributed by atoms with Gasteiger partial charge in [0.15, 0.2) is 0 Å². The van der Waals surface area contributed by atoms with Gasteiger partial charge in [-0.15, -0.1) is 34.0 Å². The Morgan fingerprint density at radius 3 is 2.14 bits per heavy atom. The van der Waals surface area contributed by atoms with Crippen molar-refractivity contribution in [1.82, 2.24) is 0 Å². The van der Waals surface area contributed by atoms with Gasteiger partial charge in [0.1, 0.15) is 0 Å². The molecule has 0 saturated heterocycles. The normalized spacial score (nSPS) is 13.0. The van der Waals surface area contributed by atoms with Crippen molar-refractivity contribution in [3.63, 3.8) is 0 Å². The average molecular weight is 692 g/mol. The lowest BCUT2D eigenvalue weighted by Gasteiger charge is -2.27. The fourth-order valence-corrected chi connectivity index (χ4v) is 11.6. The van der Waals surface area contributed by atoms with E-state index in [4.69, 9.17) is 0 Å². The first-order valence-corrected chi connectivity index (χ1v) is 19.6. The number of nitrogens with zero attached hydrogens (tertiary/aromatic N) is 1. The van der Waals surface area contributed by atoms with Crippen LogP contribution in [0.1, 0.15) is 16.9 Å². The van der Waals surface area contributed by atoms with Gasteiger partial charge in [0.05, 0.1) is 5.69 Å². The van der Waals surface area contributed by atoms with E-state index >= 15 is 0 Å². The Hall–Kier alpha value is -5.26. The third kappa shape index (κ3) is 4.29. The van der Waals surface area contributed by atoms with Gasteiger partial charge in [-0.05, 0) is 100 Å². The van der Waals surface area contributed by atoms with E-state index in [1.165, 1.54) is 94.1 Å². The second kappa shape index (κ2) is 11.1. The molecule has 7 aromatic carbocycles. The van der Waals surface area contributed by atoms with Crippen molar-refractivity contribution in [1.29, 1.82) is 0 Å². The highest BCUT2D eigenvalue weighted by molar-refractivity contribution is 7.28. The third-order valence-electron chi connectivity index (χ3n) is 10.3. The van der Waals surface area contributed by atoms with Crippen molar-refractivity contribution in [3.05, 3.63) is 156 Å². The molecule has 0 saturated carbocycles. The van der Waals surface area contributed by atoms with Crippen LogP contribution in [0.4, 0.5) is 17.1 Å². The number of rotatable bonds is 4. The van der Waals surface area contributed by atoms with E-state index in [9.17, 15) is 0 Å². The summed E-state index contributed by atoms with van der Waals surface area (Å²) in [6.07, 6.45) is 6.88. The smallest absolute Gasteiger partial charge is 0.0555 e. The highest BCUT2D eigenvalue weighted by atomic mass is 32.1. The van der Waals surface area contributed by atoms with Gasteiger partial charge in [-0.2, -0.15) is 0 Å².